The molecule has 1 N–H and O–H groups in total. The molecule has 0 aliphatic carbocycles. The maximum Gasteiger partial charge on any atom is 0.211 e. The van der Waals surface area contributed by atoms with Crippen molar-refractivity contribution in [3.63, 3.8) is 0 Å². The highest BCUT2D eigenvalue weighted by Gasteiger charge is 2.12. The van der Waals surface area contributed by atoms with Gasteiger partial charge in [-0.05, 0) is 18.2 Å². The van der Waals surface area contributed by atoms with E-state index in [9.17, 15) is 0 Å². The van der Waals surface area contributed by atoms with Gasteiger partial charge in [0.2, 0.25) is 5.16 Å². The van der Waals surface area contributed by atoms with Gasteiger partial charge in [-0.1, -0.05) is 27.7 Å². The summed E-state index contributed by atoms with van der Waals surface area (Å²) in [5.41, 5.74) is 2.64. The molecule has 6 nitrogen and oxygen atoms in total. The van der Waals surface area contributed by atoms with Crippen molar-refractivity contribution in [3.8, 4) is 0 Å². The number of benzene rings is 1. The van der Waals surface area contributed by atoms with E-state index < -0.39 is 0 Å². The maximum atomic E-state index is 5.36. The average molecular weight is 431 g/mol. The first-order valence-corrected chi connectivity index (χ1v) is 9.32. The standard InChI is InChI=1S/C15H16BrN5OS.ClH/c16-10-1-2-12-11(9-10)13-14(17-12)18-15(20-19-13)23-8-5-21-3-6-22-7-4-21;/h1-2,9H,3-8H2,(H,17,18,20);1H. The number of nitrogens with zero attached hydrogens (tertiary/aromatic N) is 4. The Kier molecular flexibility index (Phi) is 5.93. The Balaban J connectivity index is 0.00000169. The second kappa shape index (κ2) is 7.97. The molecule has 0 bridgehead atoms. The van der Waals surface area contributed by atoms with E-state index in [1.54, 1.807) is 11.8 Å². The molecular formula is C15H17BrClN5OS. The molecule has 1 saturated heterocycles. The zero-order valence-electron chi connectivity index (χ0n) is 12.9. The van der Waals surface area contributed by atoms with Crippen LogP contribution in [0.15, 0.2) is 27.8 Å². The van der Waals surface area contributed by atoms with Crippen molar-refractivity contribution in [1.29, 1.82) is 0 Å². The molecule has 4 rings (SSSR count). The van der Waals surface area contributed by atoms with Gasteiger partial charge in [-0.3, -0.25) is 4.90 Å². The van der Waals surface area contributed by atoms with Crippen LogP contribution in [0.5, 0.6) is 0 Å². The third-order valence-corrected chi connectivity index (χ3v) is 5.21. The number of fused-ring (bicyclic) bond motifs is 3. The summed E-state index contributed by atoms with van der Waals surface area (Å²) < 4.78 is 6.38. The maximum absolute atomic E-state index is 5.36. The van der Waals surface area contributed by atoms with Crippen LogP contribution in [0.2, 0.25) is 0 Å². The minimum atomic E-state index is 0. The second-order valence-electron chi connectivity index (χ2n) is 5.41. The molecule has 1 aliphatic heterocycles. The zero-order valence-corrected chi connectivity index (χ0v) is 16.1. The molecule has 1 aromatic carbocycles. The van der Waals surface area contributed by atoms with Crippen LogP contribution in [-0.4, -0.2) is 63.7 Å². The number of halogens is 2. The Morgan fingerprint density at radius 1 is 1.25 bits per heavy atom. The number of hydrogen-bond acceptors (Lipinski definition) is 6. The Labute approximate surface area is 158 Å². The first-order chi connectivity index (χ1) is 11.3. The van der Waals surface area contributed by atoms with Crippen LogP contribution < -0.4 is 0 Å². The smallest absolute Gasteiger partial charge is 0.211 e. The molecule has 24 heavy (non-hydrogen) atoms. The summed E-state index contributed by atoms with van der Waals surface area (Å²) in [5.74, 6) is 0.957. The van der Waals surface area contributed by atoms with E-state index in [1.807, 2.05) is 18.2 Å². The summed E-state index contributed by atoms with van der Waals surface area (Å²) in [6.45, 7) is 4.71. The first-order valence-electron chi connectivity index (χ1n) is 7.54. The van der Waals surface area contributed by atoms with Gasteiger partial charge in [-0.25, -0.2) is 4.98 Å². The number of nitrogens with one attached hydrogen (secondary N) is 1. The number of morpholine rings is 1. The molecule has 0 spiro atoms. The van der Waals surface area contributed by atoms with Crippen molar-refractivity contribution >= 4 is 62.2 Å². The van der Waals surface area contributed by atoms with Gasteiger partial charge in [0.05, 0.1) is 13.2 Å². The number of hydrogen-bond donors (Lipinski definition) is 1. The zero-order chi connectivity index (χ0) is 15.6. The Morgan fingerprint density at radius 2 is 2.08 bits per heavy atom. The molecule has 3 heterocycles. The van der Waals surface area contributed by atoms with Crippen molar-refractivity contribution in [2.75, 3.05) is 38.6 Å². The molecule has 0 saturated carbocycles. The van der Waals surface area contributed by atoms with Gasteiger partial charge in [-0.2, -0.15) is 0 Å². The lowest BCUT2D eigenvalue weighted by molar-refractivity contribution is 0.0410. The van der Waals surface area contributed by atoms with Gasteiger partial charge in [0, 0.05) is 40.8 Å². The third-order valence-electron chi connectivity index (χ3n) is 3.90. The summed E-state index contributed by atoms with van der Waals surface area (Å²) >= 11 is 5.13. The molecule has 3 aromatic rings. The second-order valence-corrected chi connectivity index (χ2v) is 7.39. The molecule has 128 valence electrons. The SMILES string of the molecule is Brc1ccc2[nH]c3nc(SCCN4CCOCC4)nnc3c2c1.Cl. The Bertz CT molecular complexity index is 839. The monoisotopic (exact) mass is 429 g/mol. The van der Waals surface area contributed by atoms with E-state index in [0.717, 1.165) is 70.3 Å². The highest BCUT2D eigenvalue weighted by Crippen LogP contribution is 2.26. The van der Waals surface area contributed by atoms with Gasteiger partial charge >= 0.3 is 0 Å². The largest absolute Gasteiger partial charge is 0.379 e. The normalized spacial score (nSPS) is 15.7. The Hall–Kier alpha value is -0.930. The van der Waals surface area contributed by atoms with Crippen molar-refractivity contribution in [2.45, 2.75) is 5.16 Å². The number of aromatic amines is 1. The van der Waals surface area contributed by atoms with Gasteiger partial charge in [-0.15, -0.1) is 22.6 Å². The van der Waals surface area contributed by atoms with Gasteiger partial charge in [0.15, 0.2) is 5.65 Å². The van der Waals surface area contributed by atoms with Crippen LogP contribution in [0, 0.1) is 0 Å². The van der Waals surface area contributed by atoms with Crippen LogP contribution in [-0.2, 0) is 4.74 Å². The van der Waals surface area contributed by atoms with Crippen LogP contribution in [0.4, 0.5) is 0 Å². The van der Waals surface area contributed by atoms with Crippen LogP contribution in [0.25, 0.3) is 22.1 Å². The molecule has 0 amide bonds. The predicted molar refractivity (Wildman–Crippen MR) is 102 cm³/mol. The van der Waals surface area contributed by atoms with Crippen LogP contribution in [0.3, 0.4) is 0 Å². The van der Waals surface area contributed by atoms with Gasteiger partial charge < -0.3 is 9.72 Å². The predicted octanol–water partition coefficient (Wildman–Crippen LogP) is 3.11. The third kappa shape index (κ3) is 3.83. The summed E-state index contributed by atoms with van der Waals surface area (Å²) in [6.07, 6.45) is 0. The van der Waals surface area contributed by atoms with E-state index in [4.69, 9.17) is 4.74 Å². The summed E-state index contributed by atoms with van der Waals surface area (Å²) in [7, 11) is 0. The molecule has 0 unspecified atom stereocenters. The molecule has 0 atom stereocenters. The summed E-state index contributed by atoms with van der Waals surface area (Å²) in [5, 5.41) is 10.4. The summed E-state index contributed by atoms with van der Waals surface area (Å²) in [6, 6.07) is 6.06. The molecule has 9 heteroatoms. The first kappa shape index (κ1) is 17.9. The fourth-order valence-corrected chi connectivity index (χ4v) is 3.83. The van der Waals surface area contributed by atoms with Crippen molar-refractivity contribution in [3.05, 3.63) is 22.7 Å². The number of aromatic nitrogens is 4. The topological polar surface area (TPSA) is 66.9 Å². The molecule has 2 aromatic heterocycles. The summed E-state index contributed by atoms with van der Waals surface area (Å²) in [4.78, 5) is 10.3. The molecule has 1 aliphatic rings. The van der Waals surface area contributed by atoms with Gasteiger partial charge in [0.1, 0.15) is 5.52 Å². The van der Waals surface area contributed by atoms with Crippen molar-refractivity contribution in [2.24, 2.45) is 0 Å². The van der Waals surface area contributed by atoms with E-state index >= 15 is 0 Å². The number of H-pyrrole nitrogens is 1. The van der Waals surface area contributed by atoms with E-state index in [0.29, 0.717) is 0 Å². The van der Waals surface area contributed by atoms with Crippen molar-refractivity contribution < 1.29 is 4.74 Å². The van der Waals surface area contributed by atoms with Crippen LogP contribution >= 0.6 is 40.1 Å². The lowest BCUT2D eigenvalue weighted by Gasteiger charge is -2.26. The highest BCUT2D eigenvalue weighted by atomic mass is 79.9. The number of ether oxygens (including phenoxy) is 1. The lowest BCUT2D eigenvalue weighted by atomic mass is 10.2. The number of thioether (sulfide) groups is 1. The number of rotatable bonds is 4. The molecule has 0 radical (unpaired) electrons. The molecular weight excluding hydrogens is 414 g/mol. The van der Waals surface area contributed by atoms with E-state index in [1.165, 1.54) is 0 Å². The fourth-order valence-electron chi connectivity index (χ4n) is 2.68. The van der Waals surface area contributed by atoms with E-state index in [2.05, 4.69) is 41.0 Å². The highest BCUT2D eigenvalue weighted by molar-refractivity contribution is 9.10. The quantitative estimate of drug-likeness (QED) is 0.642. The van der Waals surface area contributed by atoms with Crippen molar-refractivity contribution in [1.82, 2.24) is 25.1 Å². The van der Waals surface area contributed by atoms with Gasteiger partial charge in [0.25, 0.3) is 0 Å². The van der Waals surface area contributed by atoms with Crippen LogP contribution in [0.1, 0.15) is 0 Å². The molecule has 1 fully saturated rings. The minimum absolute atomic E-state index is 0. The fraction of sp³-hybridized carbons (Fsp3) is 0.400. The lowest BCUT2D eigenvalue weighted by Crippen LogP contribution is -2.37. The Morgan fingerprint density at radius 3 is 2.92 bits per heavy atom. The van der Waals surface area contributed by atoms with E-state index in [-0.39, 0.29) is 12.4 Å². The average Bonchev–Trinajstić information content (AvgIpc) is 2.93. The minimum Gasteiger partial charge on any atom is -0.379 e.